The normalized spacial score (nSPS) is 15.7. The second-order valence-corrected chi connectivity index (χ2v) is 6.15. The lowest BCUT2D eigenvalue weighted by molar-refractivity contribution is 0.248. The molecule has 4 nitrogen and oxygen atoms in total. The van der Waals surface area contributed by atoms with E-state index in [1.165, 1.54) is 24.2 Å². The maximum atomic E-state index is 11.9. The Hall–Kier alpha value is -1.88. The highest BCUT2D eigenvalue weighted by Crippen LogP contribution is 2.32. The second-order valence-electron chi connectivity index (χ2n) is 5.12. The molecule has 1 aliphatic carbocycles. The van der Waals surface area contributed by atoms with Gasteiger partial charge in [0.25, 0.3) is 0 Å². The monoisotopic (exact) mass is 287 g/mol. The van der Waals surface area contributed by atoms with Crippen molar-refractivity contribution in [2.24, 2.45) is 5.92 Å². The van der Waals surface area contributed by atoms with Crippen LogP contribution in [0.1, 0.15) is 19.8 Å². The average Bonchev–Trinajstić information content (AvgIpc) is 3.21. The molecule has 1 heterocycles. The summed E-state index contributed by atoms with van der Waals surface area (Å²) in [5, 5.41) is 7.50. The van der Waals surface area contributed by atoms with Crippen molar-refractivity contribution in [3.05, 3.63) is 36.5 Å². The quantitative estimate of drug-likeness (QED) is 0.900. The van der Waals surface area contributed by atoms with Crippen molar-refractivity contribution in [1.29, 1.82) is 0 Å². The first kappa shape index (κ1) is 13.1. The molecule has 1 fully saturated rings. The summed E-state index contributed by atoms with van der Waals surface area (Å²) >= 11 is 1.48. The molecule has 2 amide bonds. The van der Waals surface area contributed by atoms with E-state index in [2.05, 4.69) is 22.5 Å². The zero-order chi connectivity index (χ0) is 13.9. The topological polar surface area (TPSA) is 54.0 Å². The van der Waals surface area contributed by atoms with Gasteiger partial charge in [-0.05, 0) is 25.7 Å². The van der Waals surface area contributed by atoms with Crippen LogP contribution in [0.25, 0.3) is 10.6 Å². The molecule has 0 saturated heterocycles. The van der Waals surface area contributed by atoms with Crippen molar-refractivity contribution in [2.75, 3.05) is 5.32 Å². The number of rotatable bonds is 4. The molecular weight excluding hydrogens is 270 g/mol. The molecule has 1 atom stereocenters. The highest BCUT2D eigenvalue weighted by Gasteiger charge is 2.28. The van der Waals surface area contributed by atoms with Crippen LogP contribution < -0.4 is 10.6 Å². The predicted octanol–water partition coefficient (Wildman–Crippen LogP) is 3.73. The molecule has 0 unspecified atom stereocenters. The minimum atomic E-state index is -0.146. The van der Waals surface area contributed by atoms with Gasteiger partial charge in [0, 0.05) is 11.6 Å². The van der Waals surface area contributed by atoms with Crippen LogP contribution >= 0.6 is 11.3 Å². The summed E-state index contributed by atoms with van der Waals surface area (Å²) < 4.78 is 0. The van der Waals surface area contributed by atoms with E-state index in [1.807, 2.05) is 30.3 Å². The van der Waals surface area contributed by atoms with Gasteiger partial charge in [-0.15, -0.1) is 0 Å². The SMILES string of the molecule is C[C@H](NC(=O)Nc1cnc(-c2ccccc2)s1)C1CC1. The van der Waals surface area contributed by atoms with E-state index in [9.17, 15) is 4.79 Å². The number of thiazole rings is 1. The maximum Gasteiger partial charge on any atom is 0.320 e. The fourth-order valence-electron chi connectivity index (χ4n) is 2.11. The van der Waals surface area contributed by atoms with Gasteiger partial charge in [-0.2, -0.15) is 0 Å². The summed E-state index contributed by atoms with van der Waals surface area (Å²) in [6.07, 6.45) is 4.15. The Balaban J connectivity index is 1.61. The summed E-state index contributed by atoms with van der Waals surface area (Å²) in [4.78, 5) is 16.2. The lowest BCUT2D eigenvalue weighted by Gasteiger charge is -2.12. The molecule has 1 aromatic carbocycles. The number of nitrogens with zero attached hydrogens (tertiary/aromatic N) is 1. The molecule has 0 aliphatic heterocycles. The predicted molar refractivity (Wildman–Crippen MR) is 81.9 cm³/mol. The molecule has 2 N–H and O–H groups in total. The van der Waals surface area contributed by atoms with Gasteiger partial charge in [-0.1, -0.05) is 41.7 Å². The van der Waals surface area contributed by atoms with Crippen LogP contribution in [-0.4, -0.2) is 17.1 Å². The smallest absolute Gasteiger partial charge is 0.320 e. The van der Waals surface area contributed by atoms with Crippen molar-refractivity contribution in [3.63, 3.8) is 0 Å². The second kappa shape index (κ2) is 5.63. The Kier molecular flexibility index (Phi) is 3.69. The van der Waals surface area contributed by atoms with Crippen LogP contribution in [0, 0.1) is 5.92 Å². The maximum absolute atomic E-state index is 11.9. The van der Waals surface area contributed by atoms with Gasteiger partial charge in [0.05, 0.1) is 6.20 Å². The van der Waals surface area contributed by atoms with Crippen molar-refractivity contribution in [2.45, 2.75) is 25.8 Å². The summed E-state index contributed by atoms with van der Waals surface area (Å²) in [5.74, 6) is 0.655. The van der Waals surface area contributed by atoms with Crippen LogP contribution in [0.3, 0.4) is 0 Å². The minimum absolute atomic E-state index is 0.146. The molecule has 1 saturated carbocycles. The van der Waals surface area contributed by atoms with Crippen LogP contribution in [0.4, 0.5) is 9.80 Å². The standard InChI is InChI=1S/C15H17N3OS/c1-10(11-7-8-11)17-15(19)18-13-9-16-14(20-13)12-5-3-2-4-6-12/h2-6,9-11H,7-8H2,1H3,(H2,17,18,19)/t10-/m0/s1. The van der Waals surface area contributed by atoms with Crippen LogP contribution in [0.2, 0.25) is 0 Å². The molecule has 1 aromatic heterocycles. The molecule has 104 valence electrons. The average molecular weight is 287 g/mol. The Morgan fingerprint density at radius 3 is 2.80 bits per heavy atom. The Morgan fingerprint density at radius 1 is 1.35 bits per heavy atom. The van der Waals surface area contributed by atoms with Crippen LogP contribution in [-0.2, 0) is 0 Å². The van der Waals surface area contributed by atoms with Crippen molar-refractivity contribution in [3.8, 4) is 10.6 Å². The Morgan fingerprint density at radius 2 is 2.10 bits per heavy atom. The molecule has 0 spiro atoms. The lowest BCUT2D eigenvalue weighted by Crippen LogP contribution is -2.37. The molecule has 0 radical (unpaired) electrons. The van der Waals surface area contributed by atoms with E-state index < -0.39 is 0 Å². The van der Waals surface area contributed by atoms with Gasteiger partial charge in [0.1, 0.15) is 10.0 Å². The van der Waals surface area contributed by atoms with Gasteiger partial charge in [-0.25, -0.2) is 9.78 Å². The van der Waals surface area contributed by atoms with Crippen molar-refractivity contribution in [1.82, 2.24) is 10.3 Å². The van der Waals surface area contributed by atoms with Gasteiger partial charge < -0.3 is 5.32 Å². The van der Waals surface area contributed by atoms with E-state index in [4.69, 9.17) is 0 Å². The Bertz CT molecular complexity index is 592. The number of nitrogens with one attached hydrogen (secondary N) is 2. The van der Waals surface area contributed by atoms with E-state index >= 15 is 0 Å². The van der Waals surface area contributed by atoms with Crippen LogP contribution in [0.15, 0.2) is 36.5 Å². The highest BCUT2D eigenvalue weighted by molar-refractivity contribution is 7.19. The fraction of sp³-hybridized carbons (Fsp3) is 0.333. The van der Waals surface area contributed by atoms with Gasteiger partial charge in [0.2, 0.25) is 0 Å². The third kappa shape index (κ3) is 3.17. The number of anilines is 1. The van der Waals surface area contributed by atoms with E-state index in [-0.39, 0.29) is 12.1 Å². The molecule has 20 heavy (non-hydrogen) atoms. The van der Waals surface area contributed by atoms with Crippen molar-refractivity contribution < 1.29 is 4.79 Å². The number of amides is 2. The molecule has 5 heteroatoms. The van der Waals surface area contributed by atoms with E-state index in [1.54, 1.807) is 6.20 Å². The van der Waals surface area contributed by atoms with Crippen LogP contribution in [0.5, 0.6) is 0 Å². The molecule has 0 bridgehead atoms. The lowest BCUT2D eigenvalue weighted by atomic mass is 10.2. The first-order valence-electron chi connectivity index (χ1n) is 6.81. The summed E-state index contributed by atoms with van der Waals surface area (Å²) in [7, 11) is 0. The molecule has 1 aliphatic rings. The fourth-order valence-corrected chi connectivity index (χ4v) is 2.93. The third-order valence-electron chi connectivity index (χ3n) is 3.45. The number of hydrogen-bond donors (Lipinski definition) is 2. The number of aromatic nitrogens is 1. The largest absolute Gasteiger partial charge is 0.335 e. The number of carbonyl (C=O) groups is 1. The summed E-state index contributed by atoms with van der Waals surface area (Å²) in [6.45, 7) is 2.05. The highest BCUT2D eigenvalue weighted by atomic mass is 32.1. The zero-order valence-corrected chi connectivity index (χ0v) is 12.1. The zero-order valence-electron chi connectivity index (χ0n) is 11.3. The van der Waals surface area contributed by atoms with Gasteiger partial charge in [-0.3, -0.25) is 5.32 Å². The number of urea groups is 1. The molecular formula is C15H17N3OS. The summed E-state index contributed by atoms with van der Waals surface area (Å²) in [6, 6.07) is 10.1. The van der Waals surface area contributed by atoms with Gasteiger partial charge >= 0.3 is 6.03 Å². The minimum Gasteiger partial charge on any atom is -0.335 e. The number of hydrogen-bond acceptors (Lipinski definition) is 3. The first-order chi connectivity index (χ1) is 9.72. The third-order valence-corrected chi connectivity index (χ3v) is 4.41. The number of carbonyl (C=O) groups excluding carboxylic acids is 1. The van der Waals surface area contributed by atoms with Crippen molar-refractivity contribution >= 4 is 22.4 Å². The Labute approximate surface area is 122 Å². The summed E-state index contributed by atoms with van der Waals surface area (Å²) in [5.41, 5.74) is 1.07. The number of benzene rings is 1. The van der Waals surface area contributed by atoms with E-state index in [0.717, 1.165) is 15.6 Å². The van der Waals surface area contributed by atoms with Gasteiger partial charge in [0.15, 0.2) is 0 Å². The molecule has 3 rings (SSSR count). The van der Waals surface area contributed by atoms with E-state index in [0.29, 0.717) is 5.92 Å². The first-order valence-corrected chi connectivity index (χ1v) is 7.63. The molecule has 2 aromatic rings.